The van der Waals surface area contributed by atoms with Gasteiger partial charge in [0.15, 0.2) is 0 Å². The molecule has 0 saturated heterocycles. The van der Waals surface area contributed by atoms with Crippen LogP contribution in [0.25, 0.3) is 0 Å². The predicted octanol–water partition coefficient (Wildman–Crippen LogP) is 3.60. The van der Waals surface area contributed by atoms with Gasteiger partial charge in [-0.3, -0.25) is 0 Å². The molecule has 0 aromatic heterocycles. The average Bonchev–Trinajstić information content (AvgIpc) is 2.81. The number of hydrogen-bond donors (Lipinski definition) is 1. The second kappa shape index (κ2) is 5.54. The number of methoxy groups -OCH3 is 1. The number of nitrogens with one attached hydrogen (secondary N) is 1. The van der Waals surface area contributed by atoms with Crippen molar-refractivity contribution < 1.29 is 4.74 Å². The molecule has 1 aliphatic rings. The van der Waals surface area contributed by atoms with E-state index in [1.54, 1.807) is 7.11 Å². The molecule has 94 valence electrons. The minimum absolute atomic E-state index is 0.368. The van der Waals surface area contributed by atoms with Crippen LogP contribution in [0, 0.1) is 6.92 Å². The Labute approximate surface area is 104 Å². The summed E-state index contributed by atoms with van der Waals surface area (Å²) in [5.74, 6) is 0.994. The van der Waals surface area contributed by atoms with Crippen molar-refractivity contribution in [2.24, 2.45) is 0 Å². The number of ether oxygens (including phenoxy) is 1. The van der Waals surface area contributed by atoms with Crippen LogP contribution < -0.4 is 10.1 Å². The van der Waals surface area contributed by atoms with Crippen LogP contribution in [-0.2, 0) is 0 Å². The fourth-order valence-electron chi connectivity index (χ4n) is 2.73. The molecule has 1 aromatic carbocycles. The monoisotopic (exact) mass is 233 g/mol. The molecule has 0 radical (unpaired) electrons. The smallest absolute Gasteiger partial charge is 0.123 e. The van der Waals surface area contributed by atoms with Gasteiger partial charge in [-0.15, -0.1) is 0 Å². The number of rotatable bonds is 4. The topological polar surface area (TPSA) is 21.3 Å². The van der Waals surface area contributed by atoms with Gasteiger partial charge in [0.1, 0.15) is 5.75 Å². The van der Waals surface area contributed by atoms with E-state index in [-0.39, 0.29) is 0 Å². The lowest BCUT2D eigenvalue weighted by atomic mass is 10.0. The minimum Gasteiger partial charge on any atom is -0.496 e. The molecule has 1 aromatic rings. The SMILES string of the molecule is COc1ccc(C)cc1C(C)NC1CCCC1. The Balaban J connectivity index is 2.11. The Bertz CT molecular complexity index is 369. The van der Waals surface area contributed by atoms with Gasteiger partial charge in [-0.25, -0.2) is 0 Å². The first-order chi connectivity index (χ1) is 8.20. The average molecular weight is 233 g/mol. The van der Waals surface area contributed by atoms with Crippen molar-refractivity contribution in [2.45, 2.75) is 51.6 Å². The van der Waals surface area contributed by atoms with Crippen LogP contribution in [0.2, 0.25) is 0 Å². The summed E-state index contributed by atoms with van der Waals surface area (Å²) in [5, 5.41) is 3.72. The molecule has 2 rings (SSSR count). The van der Waals surface area contributed by atoms with Crippen LogP contribution in [0.4, 0.5) is 0 Å². The zero-order valence-corrected chi connectivity index (χ0v) is 11.1. The Morgan fingerprint density at radius 2 is 2.00 bits per heavy atom. The van der Waals surface area contributed by atoms with E-state index in [0.717, 1.165) is 5.75 Å². The maximum atomic E-state index is 5.45. The molecular formula is C15H23NO. The molecule has 2 heteroatoms. The zero-order chi connectivity index (χ0) is 12.3. The van der Waals surface area contributed by atoms with Crippen LogP contribution in [-0.4, -0.2) is 13.2 Å². The molecule has 1 fully saturated rings. The lowest BCUT2D eigenvalue weighted by Gasteiger charge is -2.21. The molecule has 2 nitrogen and oxygen atoms in total. The van der Waals surface area contributed by atoms with E-state index in [1.807, 2.05) is 0 Å². The van der Waals surface area contributed by atoms with Crippen molar-refractivity contribution in [2.75, 3.05) is 7.11 Å². The molecule has 1 aliphatic carbocycles. The molecule has 1 atom stereocenters. The third-order valence-corrected chi connectivity index (χ3v) is 3.69. The quantitative estimate of drug-likeness (QED) is 0.858. The molecule has 0 aliphatic heterocycles. The summed E-state index contributed by atoms with van der Waals surface area (Å²) in [6, 6.07) is 7.45. The Morgan fingerprint density at radius 3 is 2.65 bits per heavy atom. The van der Waals surface area contributed by atoms with E-state index in [1.165, 1.54) is 36.8 Å². The van der Waals surface area contributed by atoms with Crippen LogP contribution in [0.3, 0.4) is 0 Å². The number of aryl methyl sites for hydroxylation is 1. The van der Waals surface area contributed by atoms with Gasteiger partial charge in [-0.2, -0.15) is 0 Å². The highest BCUT2D eigenvalue weighted by molar-refractivity contribution is 5.38. The van der Waals surface area contributed by atoms with E-state index < -0.39 is 0 Å². The van der Waals surface area contributed by atoms with Gasteiger partial charge >= 0.3 is 0 Å². The highest BCUT2D eigenvalue weighted by atomic mass is 16.5. The summed E-state index contributed by atoms with van der Waals surface area (Å²) >= 11 is 0. The van der Waals surface area contributed by atoms with Gasteiger partial charge in [-0.1, -0.05) is 30.5 Å². The van der Waals surface area contributed by atoms with Crippen LogP contribution in [0.15, 0.2) is 18.2 Å². The number of benzene rings is 1. The largest absolute Gasteiger partial charge is 0.496 e. The van der Waals surface area contributed by atoms with Crippen LogP contribution >= 0.6 is 0 Å². The Hall–Kier alpha value is -1.02. The molecule has 17 heavy (non-hydrogen) atoms. The third-order valence-electron chi connectivity index (χ3n) is 3.69. The lowest BCUT2D eigenvalue weighted by molar-refractivity contribution is 0.393. The van der Waals surface area contributed by atoms with Crippen molar-refractivity contribution in [3.8, 4) is 5.75 Å². The van der Waals surface area contributed by atoms with E-state index >= 15 is 0 Å². The molecular weight excluding hydrogens is 210 g/mol. The predicted molar refractivity (Wildman–Crippen MR) is 71.5 cm³/mol. The summed E-state index contributed by atoms with van der Waals surface area (Å²) in [6.07, 6.45) is 5.38. The summed E-state index contributed by atoms with van der Waals surface area (Å²) in [5.41, 5.74) is 2.57. The van der Waals surface area contributed by atoms with Crippen molar-refractivity contribution in [3.05, 3.63) is 29.3 Å². The molecule has 0 spiro atoms. The van der Waals surface area contributed by atoms with Gasteiger partial charge in [0.25, 0.3) is 0 Å². The summed E-state index contributed by atoms with van der Waals surface area (Å²) in [6.45, 7) is 4.36. The first-order valence-corrected chi connectivity index (χ1v) is 6.61. The van der Waals surface area contributed by atoms with Gasteiger partial charge in [0.2, 0.25) is 0 Å². The molecule has 0 heterocycles. The fraction of sp³-hybridized carbons (Fsp3) is 0.600. The van der Waals surface area contributed by atoms with Gasteiger partial charge in [0, 0.05) is 17.6 Å². The van der Waals surface area contributed by atoms with Crippen molar-refractivity contribution >= 4 is 0 Å². The van der Waals surface area contributed by atoms with Crippen molar-refractivity contribution in [1.29, 1.82) is 0 Å². The molecule has 1 N–H and O–H groups in total. The van der Waals surface area contributed by atoms with Crippen LogP contribution in [0.1, 0.15) is 49.8 Å². The normalized spacial score (nSPS) is 18.3. The summed E-state index contributed by atoms with van der Waals surface area (Å²) in [7, 11) is 1.75. The van der Waals surface area contributed by atoms with E-state index in [2.05, 4.69) is 37.4 Å². The highest BCUT2D eigenvalue weighted by Gasteiger charge is 2.19. The van der Waals surface area contributed by atoms with Crippen molar-refractivity contribution in [1.82, 2.24) is 5.32 Å². The van der Waals surface area contributed by atoms with E-state index in [4.69, 9.17) is 4.74 Å². The van der Waals surface area contributed by atoms with Gasteiger partial charge in [0.05, 0.1) is 7.11 Å². The number of hydrogen-bond acceptors (Lipinski definition) is 2. The fourth-order valence-corrected chi connectivity index (χ4v) is 2.73. The summed E-state index contributed by atoms with van der Waals surface area (Å²) in [4.78, 5) is 0. The van der Waals surface area contributed by atoms with Crippen molar-refractivity contribution in [3.63, 3.8) is 0 Å². The highest BCUT2D eigenvalue weighted by Crippen LogP contribution is 2.28. The lowest BCUT2D eigenvalue weighted by Crippen LogP contribution is -2.29. The molecule has 0 bridgehead atoms. The van der Waals surface area contributed by atoms with E-state index in [9.17, 15) is 0 Å². The second-order valence-corrected chi connectivity index (χ2v) is 5.12. The van der Waals surface area contributed by atoms with Gasteiger partial charge in [-0.05, 0) is 32.8 Å². The maximum Gasteiger partial charge on any atom is 0.123 e. The molecule has 1 saturated carbocycles. The first-order valence-electron chi connectivity index (χ1n) is 6.61. The maximum absolute atomic E-state index is 5.45. The summed E-state index contributed by atoms with van der Waals surface area (Å²) < 4.78 is 5.45. The minimum atomic E-state index is 0.368. The van der Waals surface area contributed by atoms with Gasteiger partial charge < -0.3 is 10.1 Å². The molecule has 0 amide bonds. The third kappa shape index (κ3) is 3.01. The Kier molecular flexibility index (Phi) is 4.06. The second-order valence-electron chi connectivity index (χ2n) is 5.12. The van der Waals surface area contributed by atoms with E-state index in [0.29, 0.717) is 12.1 Å². The van der Waals surface area contributed by atoms with Crippen LogP contribution in [0.5, 0.6) is 5.75 Å². The standard InChI is InChI=1S/C15H23NO/c1-11-8-9-15(17-3)14(10-11)12(2)16-13-6-4-5-7-13/h8-10,12-13,16H,4-7H2,1-3H3. The first kappa shape index (κ1) is 12.4. The molecule has 1 unspecified atom stereocenters. The zero-order valence-electron chi connectivity index (χ0n) is 11.1. The Morgan fingerprint density at radius 1 is 1.29 bits per heavy atom.